The number of halogens is 2. The lowest BCUT2D eigenvalue weighted by Crippen LogP contribution is -2.22. The molecule has 2 aromatic heterocycles. The first kappa shape index (κ1) is 13.9. The number of hydrogen-bond acceptors (Lipinski definition) is 3. The van der Waals surface area contributed by atoms with Crippen molar-refractivity contribution in [3.63, 3.8) is 0 Å². The zero-order valence-electron chi connectivity index (χ0n) is 12.0. The summed E-state index contributed by atoms with van der Waals surface area (Å²) in [5, 5.41) is 8.61. The van der Waals surface area contributed by atoms with Crippen LogP contribution in [-0.2, 0) is 0 Å². The van der Waals surface area contributed by atoms with Crippen LogP contribution >= 0.6 is 11.6 Å². The number of aryl methyl sites for hydroxylation is 1. The van der Waals surface area contributed by atoms with Gasteiger partial charge in [-0.15, -0.1) is 10.2 Å². The fourth-order valence-electron chi connectivity index (χ4n) is 2.70. The Balaban J connectivity index is 2.23. The number of hydrogen-bond donors (Lipinski definition) is 0. The minimum absolute atomic E-state index is 0.0584. The third-order valence-electron chi connectivity index (χ3n) is 3.75. The van der Waals surface area contributed by atoms with Gasteiger partial charge in [0.05, 0.1) is 21.6 Å². The fourth-order valence-corrected chi connectivity index (χ4v) is 2.87. The van der Waals surface area contributed by atoms with Gasteiger partial charge in [-0.2, -0.15) is 0 Å². The molecule has 7 heteroatoms. The number of fused-ring (bicyclic) bond motifs is 3. The molecule has 0 fully saturated rings. The first-order chi connectivity index (χ1) is 11.1. The lowest BCUT2D eigenvalue weighted by atomic mass is 10.2. The summed E-state index contributed by atoms with van der Waals surface area (Å²) in [6.07, 6.45) is 0. The molecule has 2 aromatic carbocycles. The van der Waals surface area contributed by atoms with Crippen LogP contribution in [0.2, 0.25) is 5.02 Å². The highest BCUT2D eigenvalue weighted by Gasteiger charge is 2.16. The summed E-state index contributed by atoms with van der Waals surface area (Å²) in [6, 6.07) is 11.3. The van der Waals surface area contributed by atoms with Crippen molar-refractivity contribution in [1.29, 1.82) is 0 Å². The van der Waals surface area contributed by atoms with Crippen LogP contribution in [0.3, 0.4) is 0 Å². The average Bonchev–Trinajstić information content (AvgIpc) is 2.93. The average molecular weight is 329 g/mol. The van der Waals surface area contributed by atoms with Crippen LogP contribution in [-0.4, -0.2) is 19.2 Å². The molecular weight excluding hydrogens is 319 g/mol. The van der Waals surface area contributed by atoms with E-state index in [0.717, 1.165) is 5.52 Å². The van der Waals surface area contributed by atoms with Gasteiger partial charge in [0.1, 0.15) is 11.6 Å². The van der Waals surface area contributed by atoms with Gasteiger partial charge in [0.25, 0.3) is 5.56 Å². The maximum Gasteiger partial charge on any atom is 0.267 e. The standard InChI is InChI=1S/C16H10ClFN4O/c1-9-19-20-16-21(9)14-5-3-2-4-11(14)15(23)22(16)10-6-7-13(18)12(17)8-10/h2-8H,1H3. The third kappa shape index (κ3) is 1.95. The van der Waals surface area contributed by atoms with Crippen LogP contribution in [0, 0.1) is 12.7 Å². The summed E-state index contributed by atoms with van der Waals surface area (Å²) in [5.74, 6) is 0.463. The zero-order valence-corrected chi connectivity index (χ0v) is 12.8. The lowest BCUT2D eigenvalue weighted by molar-refractivity contribution is 0.628. The second-order valence-electron chi connectivity index (χ2n) is 5.14. The molecule has 0 aliphatic heterocycles. The molecule has 0 radical (unpaired) electrons. The molecule has 0 saturated carbocycles. The predicted octanol–water partition coefficient (Wildman–Crippen LogP) is 3.13. The Labute approximate surface area is 134 Å². The quantitative estimate of drug-likeness (QED) is 0.539. The van der Waals surface area contributed by atoms with Crippen molar-refractivity contribution in [2.24, 2.45) is 0 Å². The highest BCUT2D eigenvalue weighted by Crippen LogP contribution is 2.21. The number of benzene rings is 2. The number of para-hydroxylation sites is 1. The van der Waals surface area contributed by atoms with Crippen molar-refractivity contribution >= 4 is 28.3 Å². The van der Waals surface area contributed by atoms with Gasteiger partial charge in [-0.1, -0.05) is 23.7 Å². The molecule has 0 saturated heterocycles. The van der Waals surface area contributed by atoms with Crippen LogP contribution in [0.4, 0.5) is 4.39 Å². The fraction of sp³-hybridized carbons (Fsp3) is 0.0625. The third-order valence-corrected chi connectivity index (χ3v) is 4.04. The molecule has 0 amide bonds. The smallest absolute Gasteiger partial charge is 0.267 e. The van der Waals surface area contributed by atoms with Crippen molar-refractivity contribution in [1.82, 2.24) is 19.2 Å². The van der Waals surface area contributed by atoms with E-state index >= 15 is 0 Å². The molecule has 0 spiro atoms. The van der Waals surface area contributed by atoms with Crippen LogP contribution in [0.25, 0.3) is 22.4 Å². The largest absolute Gasteiger partial charge is 0.268 e. The van der Waals surface area contributed by atoms with E-state index in [9.17, 15) is 9.18 Å². The summed E-state index contributed by atoms with van der Waals surface area (Å²) in [7, 11) is 0. The van der Waals surface area contributed by atoms with E-state index in [-0.39, 0.29) is 10.6 Å². The Kier molecular flexibility index (Phi) is 2.96. The number of aromatic nitrogens is 4. The second kappa shape index (κ2) is 4.89. The van der Waals surface area contributed by atoms with Crippen molar-refractivity contribution in [3.8, 4) is 5.69 Å². The Bertz CT molecular complexity index is 1130. The van der Waals surface area contributed by atoms with Crippen molar-refractivity contribution in [3.05, 3.63) is 69.5 Å². The first-order valence-electron chi connectivity index (χ1n) is 6.89. The Hall–Kier alpha value is -2.73. The van der Waals surface area contributed by atoms with Gasteiger partial charge in [0.15, 0.2) is 0 Å². The van der Waals surface area contributed by atoms with Crippen LogP contribution in [0.5, 0.6) is 0 Å². The Morgan fingerprint density at radius 1 is 1.13 bits per heavy atom. The molecular formula is C16H10ClFN4O. The molecule has 23 heavy (non-hydrogen) atoms. The molecule has 0 aliphatic rings. The van der Waals surface area contributed by atoms with Gasteiger partial charge >= 0.3 is 0 Å². The van der Waals surface area contributed by atoms with Gasteiger partial charge in [-0.3, -0.25) is 9.20 Å². The van der Waals surface area contributed by atoms with Gasteiger partial charge in [0, 0.05) is 0 Å². The zero-order chi connectivity index (χ0) is 16.1. The maximum atomic E-state index is 13.4. The summed E-state index contributed by atoms with van der Waals surface area (Å²) < 4.78 is 16.6. The lowest BCUT2D eigenvalue weighted by Gasteiger charge is -2.11. The van der Waals surface area contributed by atoms with Gasteiger partial charge in [-0.25, -0.2) is 8.96 Å². The highest BCUT2D eigenvalue weighted by atomic mass is 35.5. The van der Waals surface area contributed by atoms with Crippen LogP contribution in [0.1, 0.15) is 5.82 Å². The van der Waals surface area contributed by atoms with E-state index in [4.69, 9.17) is 11.6 Å². The van der Waals surface area contributed by atoms with Crippen molar-refractivity contribution < 1.29 is 4.39 Å². The molecule has 0 unspecified atom stereocenters. The SMILES string of the molecule is Cc1nnc2n(-c3ccc(F)c(Cl)c3)c(=O)c3ccccc3n12. The minimum atomic E-state index is -0.544. The summed E-state index contributed by atoms with van der Waals surface area (Å²) in [5.41, 5.74) is 0.896. The van der Waals surface area contributed by atoms with Crippen molar-refractivity contribution in [2.75, 3.05) is 0 Å². The highest BCUT2D eigenvalue weighted by molar-refractivity contribution is 6.30. The monoisotopic (exact) mass is 328 g/mol. The van der Waals surface area contributed by atoms with E-state index in [1.807, 2.05) is 12.1 Å². The van der Waals surface area contributed by atoms with E-state index in [1.54, 1.807) is 23.5 Å². The summed E-state index contributed by atoms with van der Waals surface area (Å²) in [4.78, 5) is 12.9. The second-order valence-corrected chi connectivity index (χ2v) is 5.55. The molecule has 0 N–H and O–H groups in total. The molecule has 0 atom stereocenters. The van der Waals surface area contributed by atoms with E-state index in [0.29, 0.717) is 22.7 Å². The Morgan fingerprint density at radius 3 is 2.70 bits per heavy atom. The molecule has 0 aliphatic carbocycles. The van der Waals surface area contributed by atoms with Gasteiger partial charge < -0.3 is 0 Å². The minimum Gasteiger partial charge on any atom is -0.268 e. The summed E-state index contributed by atoms with van der Waals surface area (Å²) >= 11 is 5.86. The van der Waals surface area contributed by atoms with Gasteiger partial charge in [0.2, 0.25) is 5.78 Å². The molecule has 114 valence electrons. The predicted molar refractivity (Wildman–Crippen MR) is 85.8 cm³/mol. The van der Waals surface area contributed by atoms with E-state index < -0.39 is 5.82 Å². The Morgan fingerprint density at radius 2 is 1.91 bits per heavy atom. The normalized spacial score (nSPS) is 11.4. The van der Waals surface area contributed by atoms with Crippen LogP contribution < -0.4 is 5.56 Å². The van der Waals surface area contributed by atoms with Crippen LogP contribution in [0.15, 0.2) is 47.3 Å². The molecule has 0 bridgehead atoms. The number of nitrogens with zero attached hydrogens (tertiary/aromatic N) is 4. The topological polar surface area (TPSA) is 52.2 Å². The molecule has 4 aromatic rings. The first-order valence-corrected chi connectivity index (χ1v) is 7.26. The maximum absolute atomic E-state index is 13.4. The molecule has 4 rings (SSSR count). The van der Waals surface area contributed by atoms with E-state index in [1.165, 1.54) is 22.8 Å². The summed E-state index contributed by atoms with van der Waals surface area (Å²) in [6.45, 7) is 1.80. The van der Waals surface area contributed by atoms with Crippen molar-refractivity contribution in [2.45, 2.75) is 6.92 Å². The molecule has 2 heterocycles. The number of rotatable bonds is 1. The van der Waals surface area contributed by atoms with Gasteiger partial charge in [-0.05, 0) is 37.3 Å². The molecule has 5 nitrogen and oxygen atoms in total. The van der Waals surface area contributed by atoms with E-state index in [2.05, 4.69) is 10.2 Å².